The van der Waals surface area contributed by atoms with Crippen molar-refractivity contribution < 1.29 is 0 Å². The lowest BCUT2D eigenvalue weighted by molar-refractivity contribution is 1.16. The summed E-state index contributed by atoms with van der Waals surface area (Å²) in [5.41, 5.74) is 29.8. The number of aromatic nitrogens is 3. The minimum absolute atomic E-state index is 1.06. The average Bonchev–Trinajstić information content (AvgIpc) is 1.56. The van der Waals surface area contributed by atoms with Gasteiger partial charge in [-0.1, -0.05) is 364 Å². The van der Waals surface area contributed by atoms with Crippen LogP contribution in [0.25, 0.3) is 115 Å². The number of rotatable bonds is 21. The molecule has 9 nitrogen and oxygen atoms in total. The van der Waals surface area contributed by atoms with Crippen LogP contribution in [0.1, 0.15) is 0 Å². The van der Waals surface area contributed by atoms with E-state index in [9.17, 15) is 0 Å². The average molecular weight is 1880 g/mol. The smallest absolute Gasteiger partial charge is 0.0547 e. The highest BCUT2D eigenvalue weighted by molar-refractivity contribution is 6.29. The second-order valence-electron chi connectivity index (χ2n) is 36.8. The zero-order valence-corrected chi connectivity index (χ0v) is 80.7. The normalized spacial score (nSPS) is 11.3. The lowest BCUT2D eigenvalue weighted by Crippen LogP contribution is -2.14. The number of para-hydroxylation sites is 15. The topological polar surface area (TPSA) is 34.2 Å². The minimum atomic E-state index is 1.06. The summed E-state index contributed by atoms with van der Waals surface area (Å²) >= 11 is 0. The Kier molecular flexibility index (Phi) is 24.0. The monoisotopic (exact) mass is 1880 g/mol. The largest absolute Gasteiger partial charge is 0.310 e. The van der Waals surface area contributed by atoms with Crippen molar-refractivity contribution in [2.75, 3.05) is 29.4 Å². The Morgan fingerprint density at radius 2 is 0.259 bits per heavy atom. The van der Waals surface area contributed by atoms with Crippen LogP contribution in [0, 0.1) is 0 Å². The van der Waals surface area contributed by atoms with Crippen molar-refractivity contribution in [1.82, 2.24) is 13.7 Å². The number of fused-ring (bicyclic) bond motifs is 15. The van der Waals surface area contributed by atoms with Crippen molar-refractivity contribution in [3.63, 3.8) is 0 Å². The summed E-state index contributed by atoms with van der Waals surface area (Å²) in [6.45, 7) is 0. The molecule has 24 aromatic carbocycles. The molecular weight excluding hydrogens is 1780 g/mol. The molecule has 147 heavy (non-hydrogen) atoms. The maximum absolute atomic E-state index is 2.47. The van der Waals surface area contributed by atoms with E-state index in [-0.39, 0.29) is 0 Å². The molecule has 0 unspecified atom stereocenters. The summed E-state index contributed by atoms with van der Waals surface area (Å²) in [5, 5.41) is 15.0. The van der Waals surface area contributed by atoms with Crippen molar-refractivity contribution >= 4 is 200 Å². The van der Waals surface area contributed by atoms with Crippen LogP contribution < -0.4 is 29.4 Å². The van der Waals surface area contributed by atoms with Crippen molar-refractivity contribution in [1.29, 1.82) is 0 Å². The van der Waals surface area contributed by atoms with Crippen LogP contribution >= 0.6 is 0 Å². The molecule has 27 rings (SSSR count). The molecule has 0 atom stereocenters. The SMILES string of the molecule is c1ccc(N(c2ccccc2)c2cc(N(c3ccccc3)c3ccccc3)cc(-n3c4ccc5ccccc5c4c4c5ccccc5ccc43)c2)cc1.c1ccc(N(c2ccccc2)c2cc(N(c3ccccc3)c3ccccc3)cc(-n3c4ccccc4c4c5ccccc5ccc43)c2)cc1.c1ccc(N(c2ccccc2)c2cc(N(c3ccccc3)c3ccccc3)cc(-n3c4ccccc4c4ccccc43)c2)cc1. The van der Waals surface area contributed by atoms with Gasteiger partial charge in [0.1, 0.15) is 0 Å². The predicted molar refractivity (Wildman–Crippen MR) is 623 cm³/mol. The van der Waals surface area contributed by atoms with Gasteiger partial charge < -0.3 is 43.1 Å². The minimum Gasteiger partial charge on any atom is -0.310 e. The van der Waals surface area contributed by atoms with E-state index in [1.165, 1.54) is 97.7 Å². The Morgan fingerprint density at radius 3 is 0.483 bits per heavy atom. The van der Waals surface area contributed by atoms with E-state index in [1.807, 2.05) is 0 Å². The first-order chi connectivity index (χ1) is 73.0. The number of anilines is 18. The van der Waals surface area contributed by atoms with Gasteiger partial charge in [-0.15, -0.1) is 0 Å². The fraction of sp³-hybridized carbons (Fsp3) is 0. The number of hydrogen-bond acceptors (Lipinski definition) is 6. The predicted octanol–water partition coefficient (Wildman–Crippen LogP) is 38.6. The first-order valence-electron chi connectivity index (χ1n) is 50.1. The highest BCUT2D eigenvalue weighted by Gasteiger charge is 2.28. The first kappa shape index (κ1) is 88.7. The second-order valence-corrected chi connectivity index (χ2v) is 36.8. The van der Waals surface area contributed by atoms with Gasteiger partial charge in [-0.2, -0.15) is 0 Å². The molecular formula is C138H99N9. The van der Waals surface area contributed by atoms with Gasteiger partial charge in [-0.3, -0.25) is 0 Å². The molecule has 0 saturated heterocycles. The standard InChI is InChI=1S/C50H35N3.C46H33N3.C42H31N3/c1-5-19-38(20-6-1)51(39-21-7-2-8-22-39)42-33-43(52(40-23-9-3-10-24-40)41-25-11-4-12-26-41)35-44(34-42)53-47-31-29-36-17-13-15-27-45(36)49(47)50-46-28-16-14-18-37(46)30-32-48(50)53;1-5-18-35(19-6-1)47(36-20-7-2-8-21-36)39-31-40(48(37-22-9-3-10-23-37)38-24-11-4-12-25-38)33-41(32-39)49-44-28-16-15-27-43(44)46-42-26-14-13-17-34(42)29-30-45(46)49;1-5-17-32(18-6-1)43(33-19-7-2-8-20-33)36-29-37(44(34-21-9-3-10-22-34)35-23-11-4-12-24-35)31-38(30-36)45-41-27-15-13-25-39(41)40-26-14-16-28-42(40)45/h1-35H;1-33H;1-31H. The lowest BCUT2D eigenvalue weighted by atomic mass is 10.00. The fourth-order valence-electron chi connectivity index (χ4n) is 21.6. The van der Waals surface area contributed by atoms with Gasteiger partial charge in [0.25, 0.3) is 0 Å². The Bertz CT molecular complexity index is 8660. The van der Waals surface area contributed by atoms with Crippen LogP contribution in [0.5, 0.6) is 0 Å². The Hall–Kier alpha value is -19.7. The van der Waals surface area contributed by atoms with E-state index in [0.717, 1.165) is 119 Å². The summed E-state index contributed by atoms with van der Waals surface area (Å²) in [4.78, 5) is 14.1. The molecule has 0 bridgehead atoms. The lowest BCUT2D eigenvalue weighted by Gasteiger charge is -2.30. The molecule has 27 aromatic rings. The third-order valence-corrected chi connectivity index (χ3v) is 27.8. The third kappa shape index (κ3) is 17.1. The summed E-state index contributed by atoms with van der Waals surface area (Å²) in [5.74, 6) is 0. The fourth-order valence-corrected chi connectivity index (χ4v) is 21.6. The van der Waals surface area contributed by atoms with Gasteiger partial charge in [-0.05, 0) is 269 Å². The molecule has 0 spiro atoms. The molecule has 0 radical (unpaired) electrons. The molecule has 0 amide bonds. The van der Waals surface area contributed by atoms with E-state index in [4.69, 9.17) is 0 Å². The van der Waals surface area contributed by atoms with E-state index < -0.39 is 0 Å². The number of benzene rings is 24. The number of hydrogen-bond donors (Lipinski definition) is 0. The molecule has 696 valence electrons. The van der Waals surface area contributed by atoms with Gasteiger partial charge in [-0.25, -0.2) is 0 Å². The van der Waals surface area contributed by atoms with Crippen LogP contribution in [0.4, 0.5) is 102 Å². The van der Waals surface area contributed by atoms with Crippen molar-refractivity contribution in [3.8, 4) is 17.1 Å². The van der Waals surface area contributed by atoms with Gasteiger partial charge in [0, 0.05) is 101 Å². The zero-order chi connectivity index (χ0) is 97.7. The maximum Gasteiger partial charge on any atom is 0.0547 e. The van der Waals surface area contributed by atoms with Crippen molar-refractivity contribution in [2.24, 2.45) is 0 Å². The molecule has 0 fully saturated rings. The van der Waals surface area contributed by atoms with Crippen molar-refractivity contribution in [2.45, 2.75) is 0 Å². The van der Waals surface area contributed by atoms with Crippen LogP contribution in [0.3, 0.4) is 0 Å². The van der Waals surface area contributed by atoms with Crippen LogP contribution in [0.15, 0.2) is 601 Å². The van der Waals surface area contributed by atoms with Crippen LogP contribution in [0.2, 0.25) is 0 Å². The molecule has 0 N–H and O–H groups in total. The van der Waals surface area contributed by atoms with E-state index in [2.05, 4.69) is 644 Å². The second kappa shape index (κ2) is 39.7. The molecule has 3 aromatic heterocycles. The Labute approximate surface area is 854 Å². The van der Waals surface area contributed by atoms with Crippen molar-refractivity contribution in [3.05, 3.63) is 601 Å². The van der Waals surface area contributed by atoms with E-state index >= 15 is 0 Å². The highest BCUT2D eigenvalue weighted by Crippen LogP contribution is 2.51. The molecule has 3 heterocycles. The zero-order valence-electron chi connectivity index (χ0n) is 80.7. The number of nitrogens with zero attached hydrogens (tertiary/aromatic N) is 9. The molecule has 0 aliphatic heterocycles. The van der Waals surface area contributed by atoms with Gasteiger partial charge in [0.05, 0.1) is 84.3 Å². The molecule has 9 heteroatoms. The third-order valence-electron chi connectivity index (χ3n) is 27.8. The van der Waals surface area contributed by atoms with Crippen LogP contribution in [-0.2, 0) is 0 Å². The summed E-state index contributed by atoms with van der Waals surface area (Å²) < 4.78 is 7.31. The maximum atomic E-state index is 2.47. The summed E-state index contributed by atoms with van der Waals surface area (Å²) in [6.07, 6.45) is 0. The van der Waals surface area contributed by atoms with Gasteiger partial charge >= 0.3 is 0 Å². The van der Waals surface area contributed by atoms with Crippen LogP contribution in [-0.4, -0.2) is 13.7 Å². The quantitative estimate of drug-likeness (QED) is 0.0713. The van der Waals surface area contributed by atoms with E-state index in [0.29, 0.717) is 0 Å². The molecule has 0 aliphatic carbocycles. The Balaban J connectivity index is 0.000000115. The van der Waals surface area contributed by atoms with Gasteiger partial charge in [0.15, 0.2) is 0 Å². The molecule has 0 saturated carbocycles. The Morgan fingerprint density at radius 1 is 0.102 bits per heavy atom. The highest BCUT2D eigenvalue weighted by atomic mass is 15.2. The molecule has 0 aliphatic rings. The van der Waals surface area contributed by atoms with Gasteiger partial charge in [0.2, 0.25) is 0 Å². The summed E-state index contributed by atoms with van der Waals surface area (Å²) in [7, 11) is 0. The first-order valence-corrected chi connectivity index (χ1v) is 50.1. The van der Waals surface area contributed by atoms with E-state index in [1.54, 1.807) is 0 Å². The summed E-state index contributed by atoms with van der Waals surface area (Å²) in [6, 6.07) is 215.